The molecule has 0 atom stereocenters. The largest absolute Gasteiger partial charge is 0.354 e. The van der Waals surface area contributed by atoms with E-state index in [2.05, 4.69) is 53.5 Å². The average Bonchev–Trinajstić information content (AvgIpc) is 3.07. The van der Waals surface area contributed by atoms with Gasteiger partial charge in [-0.25, -0.2) is 0 Å². The minimum absolute atomic E-state index is 0.0440. The lowest BCUT2D eigenvalue weighted by Crippen LogP contribution is -2.52. The molecule has 0 unspecified atom stereocenters. The van der Waals surface area contributed by atoms with E-state index in [1.165, 1.54) is 31.2 Å². The van der Waals surface area contributed by atoms with Gasteiger partial charge < -0.3 is 14.7 Å². The Hall–Kier alpha value is -2.21. The molecule has 29 heavy (non-hydrogen) atoms. The number of aromatic nitrogens is 2. The minimum Gasteiger partial charge on any atom is -0.354 e. The van der Waals surface area contributed by atoms with Gasteiger partial charge in [0.05, 0.1) is 0 Å². The Balaban J connectivity index is 1.50. The van der Waals surface area contributed by atoms with E-state index in [0.29, 0.717) is 31.1 Å². The third kappa shape index (κ3) is 5.66. The summed E-state index contributed by atoms with van der Waals surface area (Å²) >= 11 is 0. The SMILES string of the molecule is CCc1ccc(-c2noc(CCC(=O)NCC3(N(C)C)CCCCCC3)n2)cc1. The molecule has 1 aromatic heterocycles. The van der Waals surface area contributed by atoms with Crippen LogP contribution in [0.1, 0.15) is 63.3 Å². The Morgan fingerprint density at radius 3 is 2.45 bits per heavy atom. The molecule has 0 aliphatic heterocycles. The first-order chi connectivity index (χ1) is 14.0. The van der Waals surface area contributed by atoms with Crippen LogP contribution in [0.3, 0.4) is 0 Å². The van der Waals surface area contributed by atoms with Crippen molar-refractivity contribution in [2.45, 2.75) is 70.3 Å². The molecule has 1 N–H and O–H groups in total. The third-order valence-electron chi connectivity index (χ3n) is 6.25. The van der Waals surface area contributed by atoms with Crippen molar-refractivity contribution in [3.8, 4) is 11.4 Å². The summed E-state index contributed by atoms with van der Waals surface area (Å²) in [6.07, 6.45) is 9.17. The van der Waals surface area contributed by atoms with Crippen LogP contribution < -0.4 is 5.32 Å². The lowest BCUT2D eigenvalue weighted by atomic mass is 9.88. The standard InChI is InChI=1S/C23H34N4O2/c1-4-18-9-11-19(12-10-18)22-25-21(29-26-22)14-13-20(28)24-17-23(27(2)3)15-7-5-6-8-16-23/h9-12H,4-8,13-17H2,1-3H3,(H,24,28). The summed E-state index contributed by atoms with van der Waals surface area (Å²) in [5.41, 5.74) is 2.29. The van der Waals surface area contributed by atoms with E-state index in [-0.39, 0.29) is 11.4 Å². The Bertz CT molecular complexity index is 774. The number of benzene rings is 1. The van der Waals surface area contributed by atoms with E-state index in [1.807, 2.05) is 12.1 Å². The fourth-order valence-electron chi connectivity index (χ4n) is 4.10. The summed E-state index contributed by atoms with van der Waals surface area (Å²) in [6, 6.07) is 8.17. The van der Waals surface area contributed by atoms with Gasteiger partial charge in [-0.05, 0) is 38.9 Å². The number of likely N-dealkylation sites (N-methyl/N-ethyl adjacent to an activating group) is 1. The highest BCUT2D eigenvalue weighted by Gasteiger charge is 2.33. The zero-order valence-electron chi connectivity index (χ0n) is 18.0. The first kappa shape index (κ1) is 21.5. The molecule has 1 amide bonds. The fourth-order valence-corrected chi connectivity index (χ4v) is 4.10. The van der Waals surface area contributed by atoms with Crippen LogP contribution in [-0.4, -0.2) is 47.1 Å². The van der Waals surface area contributed by atoms with E-state index in [0.717, 1.165) is 24.8 Å². The maximum absolute atomic E-state index is 12.4. The second-order valence-electron chi connectivity index (χ2n) is 8.37. The van der Waals surface area contributed by atoms with Gasteiger partial charge in [-0.3, -0.25) is 4.79 Å². The topological polar surface area (TPSA) is 71.3 Å². The molecule has 1 heterocycles. The maximum atomic E-state index is 12.4. The monoisotopic (exact) mass is 398 g/mol. The normalized spacial score (nSPS) is 16.6. The second-order valence-corrected chi connectivity index (χ2v) is 8.37. The fraction of sp³-hybridized carbons (Fsp3) is 0.609. The Labute approximate surface area is 174 Å². The van der Waals surface area contributed by atoms with Gasteiger partial charge in [0.1, 0.15) is 0 Å². The Kier molecular flexibility index (Phi) is 7.42. The Morgan fingerprint density at radius 2 is 1.83 bits per heavy atom. The molecule has 1 aliphatic carbocycles. The molecular formula is C23H34N4O2. The summed E-state index contributed by atoms with van der Waals surface area (Å²) < 4.78 is 5.35. The highest BCUT2D eigenvalue weighted by molar-refractivity contribution is 5.76. The smallest absolute Gasteiger partial charge is 0.227 e. The summed E-state index contributed by atoms with van der Waals surface area (Å²) in [4.78, 5) is 19.2. The molecule has 0 radical (unpaired) electrons. The van der Waals surface area contributed by atoms with Crippen molar-refractivity contribution >= 4 is 5.91 Å². The second kappa shape index (κ2) is 10.0. The van der Waals surface area contributed by atoms with Gasteiger partial charge >= 0.3 is 0 Å². The quantitative estimate of drug-likeness (QED) is 0.681. The number of carbonyl (C=O) groups excluding carboxylic acids is 1. The molecule has 0 bridgehead atoms. The van der Waals surface area contributed by atoms with Crippen molar-refractivity contribution in [3.63, 3.8) is 0 Å². The molecule has 1 fully saturated rings. The van der Waals surface area contributed by atoms with Crippen LogP contribution in [0.5, 0.6) is 0 Å². The molecule has 0 spiro atoms. The van der Waals surface area contributed by atoms with Crippen LogP contribution in [0.2, 0.25) is 0 Å². The van der Waals surface area contributed by atoms with Crippen LogP contribution in [0.15, 0.2) is 28.8 Å². The van der Waals surface area contributed by atoms with E-state index in [9.17, 15) is 4.79 Å². The lowest BCUT2D eigenvalue weighted by Gasteiger charge is -2.39. The molecule has 158 valence electrons. The molecule has 1 aromatic carbocycles. The van der Waals surface area contributed by atoms with E-state index in [4.69, 9.17) is 4.52 Å². The van der Waals surface area contributed by atoms with Gasteiger partial charge in [0.15, 0.2) is 0 Å². The van der Waals surface area contributed by atoms with Crippen molar-refractivity contribution in [1.29, 1.82) is 0 Å². The molecule has 3 rings (SSSR count). The number of rotatable bonds is 8. The molecule has 0 saturated heterocycles. The van der Waals surface area contributed by atoms with Crippen molar-refractivity contribution in [2.24, 2.45) is 0 Å². The maximum Gasteiger partial charge on any atom is 0.227 e. The van der Waals surface area contributed by atoms with Crippen molar-refractivity contribution < 1.29 is 9.32 Å². The minimum atomic E-state index is 0.0440. The molecular weight excluding hydrogens is 364 g/mol. The van der Waals surface area contributed by atoms with Gasteiger partial charge in [-0.15, -0.1) is 0 Å². The van der Waals surface area contributed by atoms with E-state index in [1.54, 1.807) is 0 Å². The highest BCUT2D eigenvalue weighted by Crippen LogP contribution is 2.30. The first-order valence-corrected chi connectivity index (χ1v) is 10.9. The van der Waals surface area contributed by atoms with Crippen molar-refractivity contribution in [3.05, 3.63) is 35.7 Å². The number of hydrogen-bond donors (Lipinski definition) is 1. The number of nitrogens with one attached hydrogen (secondary N) is 1. The summed E-state index contributed by atoms with van der Waals surface area (Å²) in [5, 5.41) is 7.21. The van der Waals surface area contributed by atoms with Gasteiger partial charge in [0.25, 0.3) is 0 Å². The van der Waals surface area contributed by atoms with E-state index < -0.39 is 0 Å². The van der Waals surface area contributed by atoms with Gasteiger partial charge in [-0.2, -0.15) is 4.98 Å². The predicted molar refractivity (Wildman–Crippen MR) is 115 cm³/mol. The summed E-state index contributed by atoms with van der Waals surface area (Å²) in [5.74, 6) is 1.13. The first-order valence-electron chi connectivity index (χ1n) is 10.9. The van der Waals surface area contributed by atoms with Crippen LogP contribution in [0.25, 0.3) is 11.4 Å². The number of nitrogens with zero attached hydrogens (tertiary/aromatic N) is 3. The number of carbonyl (C=O) groups is 1. The van der Waals surface area contributed by atoms with Gasteiger partial charge in [-0.1, -0.05) is 62.0 Å². The third-order valence-corrected chi connectivity index (χ3v) is 6.25. The molecule has 2 aromatic rings. The van der Waals surface area contributed by atoms with Crippen LogP contribution in [0.4, 0.5) is 0 Å². The number of aryl methyl sites for hydroxylation is 2. The molecule has 1 saturated carbocycles. The van der Waals surface area contributed by atoms with Crippen molar-refractivity contribution in [1.82, 2.24) is 20.4 Å². The summed E-state index contributed by atoms with van der Waals surface area (Å²) in [7, 11) is 4.26. The zero-order valence-corrected chi connectivity index (χ0v) is 18.0. The van der Waals surface area contributed by atoms with Crippen LogP contribution in [-0.2, 0) is 17.6 Å². The molecule has 6 heteroatoms. The number of hydrogen-bond acceptors (Lipinski definition) is 5. The van der Waals surface area contributed by atoms with Gasteiger partial charge in [0.2, 0.25) is 17.6 Å². The lowest BCUT2D eigenvalue weighted by molar-refractivity contribution is -0.121. The zero-order chi connectivity index (χ0) is 20.7. The molecule has 6 nitrogen and oxygen atoms in total. The highest BCUT2D eigenvalue weighted by atomic mass is 16.5. The van der Waals surface area contributed by atoms with E-state index >= 15 is 0 Å². The number of amides is 1. The van der Waals surface area contributed by atoms with Gasteiger partial charge in [0, 0.05) is 30.5 Å². The predicted octanol–water partition coefficient (Wildman–Crippen LogP) is 4.00. The Morgan fingerprint density at radius 1 is 1.14 bits per heavy atom. The van der Waals surface area contributed by atoms with Crippen molar-refractivity contribution in [2.75, 3.05) is 20.6 Å². The van der Waals surface area contributed by atoms with Crippen LogP contribution >= 0.6 is 0 Å². The average molecular weight is 399 g/mol. The molecule has 1 aliphatic rings. The van der Waals surface area contributed by atoms with Crippen LogP contribution in [0, 0.1) is 0 Å². The summed E-state index contributed by atoms with van der Waals surface area (Å²) in [6.45, 7) is 2.83.